The first kappa shape index (κ1) is 18.4. The summed E-state index contributed by atoms with van der Waals surface area (Å²) < 4.78 is 16.1. The molecular weight excluding hydrogens is 306 g/mol. The van der Waals surface area contributed by atoms with Crippen molar-refractivity contribution in [2.45, 2.75) is 26.2 Å². The molecule has 0 aliphatic heterocycles. The van der Waals surface area contributed by atoms with Gasteiger partial charge in [0, 0.05) is 38.6 Å². The molecule has 6 nitrogen and oxygen atoms in total. The molecule has 1 aromatic carbocycles. The number of guanidine groups is 1. The van der Waals surface area contributed by atoms with E-state index in [1.807, 2.05) is 25.1 Å². The molecule has 0 spiro atoms. The number of aliphatic imine (C=N–C) groups is 1. The predicted molar refractivity (Wildman–Crippen MR) is 97.3 cm³/mol. The summed E-state index contributed by atoms with van der Waals surface area (Å²) in [5, 5.41) is 6.72. The second-order valence-electron chi connectivity index (χ2n) is 6.07. The Morgan fingerprint density at radius 3 is 2.54 bits per heavy atom. The zero-order chi connectivity index (χ0) is 17.4. The average molecular weight is 335 g/mol. The Hall–Kier alpha value is -1.95. The van der Waals surface area contributed by atoms with Crippen molar-refractivity contribution in [3.8, 4) is 11.5 Å². The first-order valence-corrected chi connectivity index (χ1v) is 8.44. The highest BCUT2D eigenvalue weighted by atomic mass is 16.5. The molecule has 24 heavy (non-hydrogen) atoms. The van der Waals surface area contributed by atoms with Gasteiger partial charge >= 0.3 is 0 Å². The molecule has 0 aromatic heterocycles. The summed E-state index contributed by atoms with van der Waals surface area (Å²) >= 11 is 0. The van der Waals surface area contributed by atoms with Gasteiger partial charge in [0.15, 0.2) is 17.5 Å². The molecule has 1 aromatic rings. The summed E-state index contributed by atoms with van der Waals surface area (Å²) in [6.45, 7) is 4.56. The van der Waals surface area contributed by atoms with E-state index in [0.717, 1.165) is 37.8 Å². The third-order valence-corrected chi connectivity index (χ3v) is 4.44. The minimum Gasteiger partial charge on any atom is -0.493 e. The second-order valence-corrected chi connectivity index (χ2v) is 6.07. The lowest BCUT2D eigenvalue weighted by Crippen LogP contribution is -2.35. The van der Waals surface area contributed by atoms with Crippen molar-refractivity contribution in [3.63, 3.8) is 0 Å². The number of methoxy groups -OCH3 is 2. The van der Waals surface area contributed by atoms with Gasteiger partial charge < -0.3 is 24.8 Å². The van der Waals surface area contributed by atoms with Crippen molar-refractivity contribution >= 4 is 11.6 Å². The van der Waals surface area contributed by atoms with E-state index in [-0.39, 0.29) is 0 Å². The molecule has 0 saturated heterocycles. The monoisotopic (exact) mass is 335 g/mol. The van der Waals surface area contributed by atoms with Gasteiger partial charge in [-0.15, -0.1) is 0 Å². The molecule has 2 rings (SSSR count). The zero-order valence-electron chi connectivity index (χ0n) is 15.1. The first-order chi connectivity index (χ1) is 11.7. The van der Waals surface area contributed by atoms with Gasteiger partial charge in [-0.3, -0.25) is 4.99 Å². The largest absolute Gasteiger partial charge is 0.493 e. The van der Waals surface area contributed by atoms with Crippen molar-refractivity contribution in [3.05, 3.63) is 18.2 Å². The molecule has 0 radical (unpaired) electrons. The van der Waals surface area contributed by atoms with E-state index >= 15 is 0 Å². The van der Waals surface area contributed by atoms with Gasteiger partial charge in [-0.05, 0) is 43.7 Å². The quantitative estimate of drug-likeness (QED) is 0.413. The Morgan fingerprint density at radius 2 is 1.96 bits per heavy atom. The topological polar surface area (TPSA) is 64.1 Å². The van der Waals surface area contributed by atoms with E-state index in [4.69, 9.17) is 14.2 Å². The fraction of sp³-hybridized carbons (Fsp3) is 0.611. The van der Waals surface area contributed by atoms with Crippen LogP contribution in [0.1, 0.15) is 26.2 Å². The number of rotatable bonds is 9. The molecule has 0 unspecified atom stereocenters. The van der Waals surface area contributed by atoms with Crippen molar-refractivity contribution in [1.29, 1.82) is 0 Å². The van der Waals surface area contributed by atoms with E-state index in [9.17, 15) is 0 Å². The van der Waals surface area contributed by atoms with E-state index < -0.39 is 0 Å². The van der Waals surface area contributed by atoms with Crippen LogP contribution < -0.4 is 20.1 Å². The van der Waals surface area contributed by atoms with E-state index in [1.165, 1.54) is 12.8 Å². The third kappa shape index (κ3) is 5.03. The number of hydrogen-bond acceptors (Lipinski definition) is 4. The molecule has 134 valence electrons. The average Bonchev–Trinajstić information content (AvgIpc) is 3.38. The molecule has 2 N–H and O–H groups in total. The van der Waals surface area contributed by atoms with E-state index in [2.05, 4.69) is 15.6 Å². The second kappa shape index (κ2) is 8.78. The Balaban J connectivity index is 1.89. The molecule has 0 atom stereocenters. The van der Waals surface area contributed by atoms with Gasteiger partial charge in [0.2, 0.25) is 0 Å². The number of ether oxygens (including phenoxy) is 3. The van der Waals surface area contributed by atoms with Gasteiger partial charge in [0.05, 0.1) is 14.2 Å². The van der Waals surface area contributed by atoms with Crippen molar-refractivity contribution < 1.29 is 14.2 Å². The number of anilines is 1. The summed E-state index contributed by atoms with van der Waals surface area (Å²) in [5.41, 5.74) is 1.27. The summed E-state index contributed by atoms with van der Waals surface area (Å²) in [4.78, 5) is 4.30. The minimum atomic E-state index is 0.365. The van der Waals surface area contributed by atoms with Crippen molar-refractivity contribution in [2.75, 3.05) is 46.3 Å². The van der Waals surface area contributed by atoms with Gasteiger partial charge in [-0.1, -0.05) is 0 Å². The molecule has 0 bridgehead atoms. The van der Waals surface area contributed by atoms with Crippen molar-refractivity contribution in [2.24, 2.45) is 10.4 Å². The summed E-state index contributed by atoms with van der Waals surface area (Å²) in [7, 11) is 5.03. The van der Waals surface area contributed by atoms with Crippen LogP contribution in [-0.2, 0) is 4.74 Å². The molecular formula is C18H29N3O3. The standard InChI is InChI=1S/C18H29N3O3/c1-5-24-11-10-18(8-9-18)13-20-17(19-2)21-14-6-7-15(22-3)16(12-14)23-4/h6-7,12H,5,8-11,13H2,1-4H3,(H2,19,20,21). The SMILES string of the molecule is CCOCCC1(CNC(=NC)Nc2ccc(OC)c(OC)c2)CC1. The van der Waals surface area contributed by atoms with Gasteiger partial charge in [0.1, 0.15) is 0 Å². The molecule has 1 fully saturated rings. The summed E-state index contributed by atoms with van der Waals surface area (Å²) in [6.07, 6.45) is 3.60. The van der Waals surface area contributed by atoms with Crippen LogP contribution >= 0.6 is 0 Å². The van der Waals surface area contributed by atoms with Gasteiger partial charge in [0.25, 0.3) is 0 Å². The van der Waals surface area contributed by atoms with Crippen LogP contribution in [-0.4, -0.2) is 47.0 Å². The van der Waals surface area contributed by atoms with Crippen LogP contribution in [0.5, 0.6) is 11.5 Å². The Morgan fingerprint density at radius 1 is 1.21 bits per heavy atom. The van der Waals surface area contributed by atoms with Crippen molar-refractivity contribution in [1.82, 2.24) is 5.32 Å². The van der Waals surface area contributed by atoms with Crippen LogP contribution in [0.4, 0.5) is 5.69 Å². The van der Waals surface area contributed by atoms with E-state index in [1.54, 1.807) is 21.3 Å². The minimum absolute atomic E-state index is 0.365. The zero-order valence-corrected chi connectivity index (χ0v) is 15.1. The van der Waals surface area contributed by atoms with Gasteiger partial charge in [-0.2, -0.15) is 0 Å². The maximum absolute atomic E-state index is 5.49. The molecule has 0 amide bonds. The number of benzene rings is 1. The fourth-order valence-corrected chi connectivity index (χ4v) is 2.63. The van der Waals surface area contributed by atoms with Crippen LogP contribution in [0.25, 0.3) is 0 Å². The Kier molecular flexibility index (Phi) is 6.73. The maximum Gasteiger partial charge on any atom is 0.195 e. The third-order valence-electron chi connectivity index (χ3n) is 4.44. The highest BCUT2D eigenvalue weighted by molar-refractivity contribution is 5.93. The number of hydrogen-bond donors (Lipinski definition) is 2. The van der Waals surface area contributed by atoms with Crippen LogP contribution in [0, 0.1) is 5.41 Å². The molecule has 0 heterocycles. The molecule has 6 heteroatoms. The summed E-state index contributed by atoms with van der Waals surface area (Å²) in [6, 6.07) is 5.71. The van der Waals surface area contributed by atoms with E-state index in [0.29, 0.717) is 16.9 Å². The first-order valence-electron chi connectivity index (χ1n) is 8.44. The number of nitrogens with one attached hydrogen (secondary N) is 2. The highest BCUT2D eigenvalue weighted by Gasteiger charge is 2.41. The fourth-order valence-electron chi connectivity index (χ4n) is 2.63. The van der Waals surface area contributed by atoms with Crippen LogP contribution in [0.15, 0.2) is 23.2 Å². The number of nitrogens with zero attached hydrogens (tertiary/aromatic N) is 1. The lowest BCUT2D eigenvalue weighted by molar-refractivity contribution is 0.128. The highest BCUT2D eigenvalue weighted by Crippen LogP contribution is 2.48. The maximum atomic E-state index is 5.49. The predicted octanol–water partition coefficient (Wildman–Crippen LogP) is 2.90. The van der Waals surface area contributed by atoms with Crippen LogP contribution in [0.3, 0.4) is 0 Å². The smallest absolute Gasteiger partial charge is 0.195 e. The summed E-state index contributed by atoms with van der Waals surface area (Å²) in [5.74, 6) is 2.15. The Bertz CT molecular complexity index is 556. The molecule has 1 saturated carbocycles. The Labute approximate surface area is 144 Å². The normalized spacial score (nSPS) is 15.8. The lowest BCUT2D eigenvalue weighted by atomic mass is 10.0. The molecule has 1 aliphatic rings. The van der Waals surface area contributed by atoms with Crippen LogP contribution in [0.2, 0.25) is 0 Å². The molecule has 1 aliphatic carbocycles. The lowest BCUT2D eigenvalue weighted by Gasteiger charge is -2.19. The van der Waals surface area contributed by atoms with Gasteiger partial charge in [-0.25, -0.2) is 0 Å².